The van der Waals surface area contributed by atoms with Gasteiger partial charge in [0, 0.05) is 13.1 Å². The number of rotatable bonds is 3. The van der Waals surface area contributed by atoms with E-state index in [-0.39, 0.29) is 11.0 Å². The summed E-state index contributed by atoms with van der Waals surface area (Å²) in [4.78, 5) is 0. The summed E-state index contributed by atoms with van der Waals surface area (Å²) in [7, 11) is 1.26. The second-order valence-corrected chi connectivity index (χ2v) is 4.38. The standard InChI is InChI=1S/C8H12BrF3N4O/c1-3-4(13)7(17,8(10,11)12)5-6(9)14-15-16(5)2/h4,17H,3,13H2,1-2H3. The molecule has 5 nitrogen and oxygen atoms in total. The van der Waals surface area contributed by atoms with Gasteiger partial charge in [-0.3, -0.25) is 0 Å². The Hall–Kier alpha value is -0.670. The van der Waals surface area contributed by atoms with Crippen LogP contribution >= 0.6 is 15.9 Å². The van der Waals surface area contributed by atoms with Gasteiger partial charge in [-0.05, 0) is 22.4 Å². The van der Waals surface area contributed by atoms with E-state index in [0.29, 0.717) is 0 Å². The van der Waals surface area contributed by atoms with Gasteiger partial charge in [0.05, 0.1) is 0 Å². The number of aromatic nitrogens is 3. The summed E-state index contributed by atoms with van der Waals surface area (Å²) in [6, 6.07) is -1.50. The summed E-state index contributed by atoms with van der Waals surface area (Å²) in [6.07, 6.45) is -4.96. The van der Waals surface area contributed by atoms with Gasteiger partial charge in [0.1, 0.15) is 5.69 Å². The highest BCUT2D eigenvalue weighted by Crippen LogP contribution is 2.43. The van der Waals surface area contributed by atoms with Crippen molar-refractivity contribution in [1.29, 1.82) is 0 Å². The molecule has 17 heavy (non-hydrogen) atoms. The number of halogens is 4. The van der Waals surface area contributed by atoms with Gasteiger partial charge in [0.2, 0.25) is 5.60 Å². The number of aliphatic hydroxyl groups is 1. The molecule has 0 saturated carbocycles. The molecule has 2 atom stereocenters. The first-order valence-corrected chi connectivity index (χ1v) is 5.55. The van der Waals surface area contributed by atoms with Crippen LogP contribution in [-0.4, -0.2) is 32.3 Å². The number of hydrogen-bond donors (Lipinski definition) is 2. The third-order valence-corrected chi connectivity index (χ3v) is 3.09. The topological polar surface area (TPSA) is 77.0 Å². The molecule has 1 rings (SSSR count). The fourth-order valence-electron chi connectivity index (χ4n) is 1.55. The Bertz CT molecular complexity index is 388. The summed E-state index contributed by atoms with van der Waals surface area (Å²) in [5, 5.41) is 16.8. The number of aryl methyl sites for hydroxylation is 1. The van der Waals surface area contributed by atoms with E-state index in [4.69, 9.17) is 5.73 Å². The minimum Gasteiger partial charge on any atom is -0.374 e. The maximum atomic E-state index is 13.0. The highest BCUT2D eigenvalue weighted by molar-refractivity contribution is 9.10. The third-order valence-electron chi connectivity index (χ3n) is 2.56. The largest absolute Gasteiger partial charge is 0.424 e. The molecule has 0 radical (unpaired) electrons. The first-order chi connectivity index (χ1) is 7.66. The molecule has 1 aromatic rings. The molecule has 0 spiro atoms. The highest BCUT2D eigenvalue weighted by Gasteiger charge is 2.61. The van der Waals surface area contributed by atoms with Gasteiger partial charge in [-0.2, -0.15) is 13.2 Å². The molecule has 0 fully saturated rings. The summed E-state index contributed by atoms with van der Waals surface area (Å²) in [5.74, 6) is 0. The fraction of sp³-hybridized carbons (Fsp3) is 0.750. The average molecular weight is 317 g/mol. The van der Waals surface area contributed by atoms with Gasteiger partial charge in [0.25, 0.3) is 0 Å². The minimum absolute atomic E-state index is 0.0480. The zero-order valence-corrected chi connectivity index (χ0v) is 10.7. The van der Waals surface area contributed by atoms with Crippen LogP contribution in [0, 0.1) is 0 Å². The second kappa shape index (κ2) is 4.54. The Morgan fingerprint density at radius 1 is 1.53 bits per heavy atom. The van der Waals surface area contributed by atoms with E-state index in [2.05, 4.69) is 26.2 Å². The first kappa shape index (κ1) is 14.4. The molecule has 0 aliphatic carbocycles. The van der Waals surface area contributed by atoms with Crippen LogP contribution in [0.3, 0.4) is 0 Å². The summed E-state index contributed by atoms with van der Waals surface area (Å²) in [5.41, 5.74) is 1.72. The van der Waals surface area contributed by atoms with Crippen molar-refractivity contribution in [2.24, 2.45) is 12.8 Å². The lowest BCUT2D eigenvalue weighted by Gasteiger charge is -2.34. The molecule has 9 heteroatoms. The second-order valence-electron chi connectivity index (χ2n) is 3.63. The van der Waals surface area contributed by atoms with E-state index in [9.17, 15) is 18.3 Å². The van der Waals surface area contributed by atoms with Crippen LogP contribution in [0.2, 0.25) is 0 Å². The van der Waals surface area contributed by atoms with Crippen molar-refractivity contribution in [2.45, 2.75) is 31.2 Å². The number of nitrogens with zero attached hydrogens (tertiary/aromatic N) is 3. The van der Waals surface area contributed by atoms with Crippen LogP contribution in [0.25, 0.3) is 0 Å². The Labute approximate surface area is 104 Å². The zero-order chi connectivity index (χ0) is 13.4. The van der Waals surface area contributed by atoms with Crippen molar-refractivity contribution >= 4 is 15.9 Å². The van der Waals surface area contributed by atoms with E-state index >= 15 is 0 Å². The van der Waals surface area contributed by atoms with E-state index in [1.165, 1.54) is 14.0 Å². The van der Waals surface area contributed by atoms with Crippen molar-refractivity contribution < 1.29 is 18.3 Å². The molecule has 0 aliphatic heterocycles. The third kappa shape index (κ3) is 2.18. The van der Waals surface area contributed by atoms with E-state index in [1.807, 2.05) is 0 Å². The molecule has 98 valence electrons. The van der Waals surface area contributed by atoms with Gasteiger partial charge in [0.15, 0.2) is 4.60 Å². The normalized spacial score (nSPS) is 17.9. The lowest BCUT2D eigenvalue weighted by molar-refractivity contribution is -0.277. The number of hydrogen-bond acceptors (Lipinski definition) is 4. The molecule has 0 aliphatic rings. The predicted molar refractivity (Wildman–Crippen MR) is 56.9 cm³/mol. The quantitative estimate of drug-likeness (QED) is 0.874. The predicted octanol–water partition coefficient (Wildman–Crippen LogP) is 1.06. The van der Waals surface area contributed by atoms with E-state index < -0.39 is 23.5 Å². The van der Waals surface area contributed by atoms with Gasteiger partial charge in [-0.15, -0.1) is 5.10 Å². The Kier molecular flexibility index (Phi) is 3.84. The maximum absolute atomic E-state index is 13.0. The molecule has 2 unspecified atom stereocenters. The summed E-state index contributed by atoms with van der Waals surface area (Å²) in [6.45, 7) is 1.46. The van der Waals surface area contributed by atoms with E-state index in [0.717, 1.165) is 4.68 Å². The minimum atomic E-state index is -4.92. The molecule has 3 N–H and O–H groups in total. The van der Waals surface area contributed by atoms with Crippen LogP contribution in [-0.2, 0) is 12.6 Å². The molecule has 1 heterocycles. The Balaban J connectivity index is 3.45. The van der Waals surface area contributed by atoms with Crippen molar-refractivity contribution in [1.82, 2.24) is 15.0 Å². The van der Waals surface area contributed by atoms with Gasteiger partial charge < -0.3 is 10.8 Å². The van der Waals surface area contributed by atoms with Crippen LogP contribution in [0.15, 0.2) is 4.60 Å². The van der Waals surface area contributed by atoms with Crippen molar-refractivity contribution in [3.63, 3.8) is 0 Å². The Morgan fingerprint density at radius 2 is 2.06 bits per heavy atom. The average Bonchev–Trinajstić information content (AvgIpc) is 2.55. The van der Waals surface area contributed by atoms with Crippen LogP contribution in [0.1, 0.15) is 19.0 Å². The zero-order valence-electron chi connectivity index (χ0n) is 9.16. The summed E-state index contributed by atoms with van der Waals surface area (Å²) < 4.78 is 39.8. The maximum Gasteiger partial charge on any atom is 0.424 e. The number of nitrogens with two attached hydrogens (primary N) is 1. The molecule has 0 saturated heterocycles. The summed E-state index contributed by atoms with van der Waals surface area (Å²) >= 11 is 2.83. The highest BCUT2D eigenvalue weighted by atomic mass is 79.9. The molecular weight excluding hydrogens is 305 g/mol. The van der Waals surface area contributed by atoms with Crippen LogP contribution < -0.4 is 5.73 Å². The van der Waals surface area contributed by atoms with Gasteiger partial charge in [-0.25, -0.2) is 4.68 Å². The van der Waals surface area contributed by atoms with E-state index in [1.54, 1.807) is 0 Å². The molecule has 0 aromatic carbocycles. The lowest BCUT2D eigenvalue weighted by atomic mass is 9.89. The van der Waals surface area contributed by atoms with Gasteiger partial charge >= 0.3 is 6.18 Å². The van der Waals surface area contributed by atoms with Crippen LogP contribution in [0.5, 0.6) is 0 Å². The van der Waals surface area contributed by atoms with Crippen molar-refractivity contribution in [2.75, 3.05) is 0 Å². The van der Waals surface area contributed by atoms with Gasteiger partial charge in [-0.1, -0.05) is 12.1 Å². The smallest absolute Gasteiger partial charge is 0.374 e. The lowest BCUT2D eigenvalue weighted by Crippen LogP contribution is -2.56. The first-order valence-electron chi connectivity index (χ1n) is 4.76. The molecular formula is C8H12BrF3N4O. The van der Waals surface area contributed by atoms with Crippen molar-refractivity contribution in [3.05, 3.63) is 10.3 Å². The molecule has 0 bridgehead atoms. The van der Waals surface area contributed by atoms with Crippen molar-refractivity contribution in [3.8, 4) is 0 Å². The molecule has 1 aromatic heterocycles. The fourth-order valence-corrected chi connectivity index (χ4v) is 2.18. The van der Waals surface area contributed by atoms with Crippen LogP contribution in [0.4, 0.5) is 13.2 Å². The Morgan fingerprint density at radius 3 is 2.35 bits per heavy atom. The SMILES string of the molecule is CCC(N)C(O)(c1c(Br)nnn1C)C(F)(F)F. The number of alkyl halides is 3. The monoisotopic (exact) mass is 316 g/mol. The molecule has 0 amide bonds.